The fraction of sp³-hybridized carbons (Fsp3) is 0.250. The molecule has 1 aromatic heterocycles. The molecule has 2 aromatic rings. The Kier molecular flexibility index (Phi) is 2.84. The van der Waals surface area contributed by atoms with Crippen molar-refractivity contribution in [1.82, 2.24) is 0 Å². The van der Waals surface area contributed by atoms with Gasteiger partial charge in [0.05, 0.1) is 4.88 Å². The molecule has 15 heavy (non-hydrogen) atoms. The van der Waals surface area contributed by atoms with Gasteiger partial charge in [-0.3, -0.25) is 4.79 Å². The van der Waals surface area contributed by atoms with Crippen LogP contribution in [-0.2, 0) is 0 Å². The SMILES string of the molecule is CC(N)CC(=O)c1cc2ccccc2s1. The Morgan fingerprint density at radius 1 is 1.47 bits per heavy atom. The summed E-state index contributed by atoms with van der Waals surface area (Å²) in [4.78, 5) is 12.6. The van der Waals surface area contributed by atoms with Crippen molar-refractivity contribution in [1.29, 1.82) is 0 Å². The largest absolute Gasteiger partial charge is 0.328 e. The quantitative estimate of drug-likeness (QED) is 0.807. The third-order valence-corrected chi connectivity index (χ3v) is 3.36. The molecule has 0 bridgehead atoms. The molecule has 0 saturated heterocycles. The third-order valence-electron chi connectivity index (χ3n) is 2.21. The van der Waals surface area contributed by atoms with Gasteiger partial charge >= 0.3 is 0 Å². The van der Waals surface area contributed by atoms with E-state index in [1.165, 1.54) is 0 Å². The first-order valence-electron chi connectivity index (χ1n) is 4.94. The van der Waals surface area contributed by atoms with E-state index in [0.29, 0.717) is 6.42 Å². The standard InChI is InChI=1S/C12H13NOS/c1-8(13)6-10(14)12-7-9-4-2-3-5-11(9)15-12/h2-5,7-8H,6,13H2,1H3. The molecule has 2 rings (SSSR count). The Labute approximate surface area is 92.7 Å². The van der Waals surface area contributed by atoms with Gasteiger partial charge in [-0.2, -0.15) is 0 Å². The number of carbonyl (C=O) groups excluding carboxylic acids is 1. The van der Waals surface area contributed by atoms with Gasteiger partial charge in [0.2, 0.25) is 0 Å². The lowest BCUT2D eigenvalue weighted by Crippen LogP contribution is -2.19. The van der Waals surface area contributed by atoms with Crippen molar-refractivity contribution in [3.8, 4) is 0 Å². The molecule has 2 N–H and O–H groups in total. The van der Waals surface area contributed by atoms with E-state index in [4.69, 9.17) is 5.73 Å². The van der Waals surface area contributed by atoms with Crippen LogP contribution in [0, 0.1) is 0 Å². The Bertz CT molecular complexity index is 454. The minimum Gasteiger partial charge on any atom is -0.328 e. The maximum absolute atomic E-state index is 11.8. The van der Waals surface area contributed by atoms with Gasteiger partial charge in [0, 0.05) is 17.2 Å². The summed E-state index contributed by atoms with van der Waals surface area (Å²) in [5, 5.41) is 1.13. The van der Waals surface area contributed by atoms with E-state index in [0.717, 1.165) is 15.0 Å². The second-order valence-electron chi connectivity index (χ2n) is 3.75. The van der Waals surface area contributed by atoms with Crippen LogP contribution in [0.5, 0.6) is 0 Å². The Morgan fingerprint density at radius 2 is 2.20 bits per heavy atom. The number of thiophene rings is 1. The van der Waals surface area contributed by atoms with Gasteiger partial charge < -0.3 is 5.73 Å². The summed E-state index contributed by atoms with van der Waals surface area (Å²) >= 11 is 1.54. The first-order valence-corrected chi connectivity index (χ1v) is 5.76. The van der Waals surface area contributed by atoms with Gasteiger partial charge in [-0.25, -0.2) is 0 Å². The Hall–Kier alpha value is -1.19. The van der Waals surface area contributed by atoms with Crippen LogP contribution in [0.25, 0.3) is 10.1 Å². The molecule has 0 fully saturated rings. The van der Waals surface area contributed by atoms with Crippen molar-refractivity contribution in [2.45, 2.75) is 19.4 Å². The highest BCUT2D eigenvalue weighted by Crippen LogP contribution is 2.26. The van der Waals surface area contributed by atoms with Gasteiger partial charge in [0.1, 0.15) is 0 Å². The molecule has 3 heteroatoms. The van der Waals surface area contributed by atoms with Crippen LogP contribution in [0.3, 0.4) is 0 Å². The molecule has 0 aliphatic carbocycles. The normalized spacial score (nSPS) is 12.9. The number of rotatable bonds is 3. The van der Waals surface area contributed by atoms with Crippen molar-refractivity contribution in [2.75, 3.05) is 0 Å². The summed E-state index contributed by atoms with van der Waals surface area (Å²) in [5.41, 5.74) is 5.61. The fourth-order valence-electron chi connectivity index (χ4n) is 1.51. The van der Waals surface area contributed by atoms with Crippen LogP contribution >= 0.6 is 11.3 Å². The highest BCUT2D eigenvalue weighted by Gasteiger charge is 2.11. The highest BCUT2D eigenvalue weighted by atomic mass is 32.1. The molecule has 0 aliphatic rings. The van der Waals surface area contributed by atoms with Crippen LogP contribution in [0.15, 0.2) is 30.3 Å². The molecule has 1 unspecified atom stereocenters. The maximum atomic E-state index is 11.8. The van der Waals surface area contributed by atoms with Crippen LogP contribution in [0.4, 0.5) is 0 Å². The van der Waals surface area contributed by atoms with Crippen LogP contribution in [-0.4, -0.2) is 11.8 Å². The van der Waals surface area contributed by atoms with E-state index in [1.807, 2.05) is 37.3 Å². The summed E-state index contributed by atoms with van der Waals surface area (Å²) in [6.45, 7) is 1.85. The monoisotopic (exact) mass is 219 g/mol. The summed E-state index contributed by atoms with van der Waals surface area (Å²) in [7, 11) is 0. The average Bonchev–Trinajstić information content (AvgIpc) is 2.59. The lowest BCUT2D eigenvalue weighted by molar-refractivity contribution is 0.0980. The van der Waals surface area contributed by atoms with Crippen molar-refractivity contribution in [3.05, 3.63) is 35.2 Å². The molecule has 0 saturated carbocycles. The smallest absolute Gasteiger partial charge is 0.174 e. The summed E-state index contributed by atoms with van der Waals surface area (Å²) in [6, 6.07) is 9.90. The summed E-state index contributed by atoms with van der Waals surface area (Å²) in [6.07, 6.45) is 0.423. The van der Waals surface area contributed by atoms with Crippen molar-refractivity contribution in [2.24, 2.45) is 5.73 Å². The topological polar surface area (TPSA) is 43.1 Å². The van der Waals surface area contributed by atoms with Crippen molar-refractivity contribution in [3.63, 3.8) is 0 Å². The summed E-state index contributed by atoms with van der Waals surface area (Å²) < 4.78 is 1.16. The zero-order chi connectivity index (χ0) is 10.8. The van der Waals surface area contributed by atoms with E-state index in [9.17, 15) is 4.79 Å². The van der Waals surface area contributed by atoms with Gasteiger partial charge in [-0.1, -0.05) is 18.2 Å². The molecule has 0 aliphatic heterocycles. The lowest BCUT2D eigenvalue weighted by Gasteiger charge is -2.00. The second-order valence-corrected chi connectivity index (χ2v) is 4.84. The highest BCUT2D eigenvalue weighted by molar-refractivity contribution is 7.20. The van der Waals surface area contributed by atoms with Gasteiger partial charge in [-0.05, 0) is 24.4 Å². The Balaban J connectivity index is 2.32. The fourth-order valence-corrected chi connectivity index (χ4v) is 2.52. The molecule has 0 spiro atoms. The first-order chi connectivity index (χ1) is 7.16. The van der Waals surface area contributed by atoms with Gasteiger partial charge in [0.25, 0.3) is 0 Å². The number of ketones is 1. The number of hydrogen-bond donors (Lipinski definition) is 1. The predicted molar refractivity (Wildman–Crippen MR) is 64.4 cm³/mol. The third kappa shape index (κ3) is 2.25. The van der Waals surface area contributed by atoms with Gasteiger partial charge in [0.15, 0.2) is 5.78 Å². The first kappa shape index (κ1) is 10.3. The van der Waals surface area contributed by atoms with E-state index in [1.54, 1.807) is 11.3 Å². The van der Waals surface area contributed by atoms with Crippen molar-refractivity contribution < 1.29 is 4.79 Å². The van der Waals surface area contributed by atoms with Crippen LogP contribution < -0.4 is 5.73 Å². The number of benzene rings is 1. The van der Waals surface area contributed by atoms with E-state index in [2.05, 4.69) is 0 Å². The van der Waals surface area contributed by atoms with Crippen LogP contribution in [0.2, 0.25) is 0 Å². The number of hydrogen-bond acceptors (Lipinski definition) is 3. The molecule has 1 aromatic carbocycles. The van der Waals surface area contributed by atoms with E-state index in [-0.39, 0.29) is 11.8 Å². The zero-order valence-corrected chi connectivity index (χ0v) is 9.38. The minimum absolute atomic E-state index is 0.0669. The number of Topliss-reactive ketones (excluding diaryl/α,β-unsaturated/α-hetero) is 1. The van der Waals surface area contributed by atoms with E-state index >= 15 is 0 Å². The van der Waals surface area contributed by atoms with Gasteiger partial charge in [-0.15, -0.1) is 11.3 Å². The van der Waals surface area contributed by atoms with E-state index < -0.39 is 0 Å². The predicted octanol–water partition coefficient (Wildman–Crippen LogP) is 2.82. The van der Waals surface area contributed by atoms with Crippen molar-refractivity contribution >= 4 is 27.2 Å². The summed E-state index contributed by atoms with van der Waals surface area (Å²) in [5.74, 6) is 0.145. The lowest BCUT2D eigenvalue weighted by atomic mass is 10.1. The minimum atomic E-state index is -0.0669. The molecule has 2 nitrogen and oxygen atoms in total. The molecular weight excluding hydrogens is 206 g/mol. The number of fused-ring (bicyclic) bond motifs is 1. The molecule has 78 valence electrons. The molecule has 1 atom stereocenters. The average molecular weight is 219 g/mol. The maximum Gasteiger partial charge on any atom is 0.174 e. The molecule has 0 amide bonds. The zero-order valence-electron chi connectivity index (χ0n) is 8.57. The molecule has 0 radical (unpaired) electrons. The Morgan fingerprint density at radius 3 is 2.87 bits per heavy atom. The van der Waals surface area contributed by atoms with Crippen LogP contribution in [0.1, 0.15) is 23.0 Å². The molecular formula is C12H13NOS. The molecule has 1 heterocycles. The second kappa shape index (κ2) is 4.13. The number of carbonyl (C=O) groups is 1. The number of nitrogens with two attached hydrogens (primary N) is 1.